The number of nitrogens with zero attached hydrogens (tertiary/aromatic N) is 1. The van der Waals surface area contributed by atoms with Gasteiger partial charge in [-0.2, -0.15) is 5.26 Å². The van der Waals surface area contributed by atoms with Crippen molar-refractivity contribution in [1.82, 2.24) is 0 Å². The van der Waals surface area contributed by atoms with Gasteiger partial charge in [-0.25, -0.2) is 0 Å². The highest BCUT2D eigenvalue weighted by molar-refractivity contribution is 5.77. The minimum absolute atomic E-state index is 0.510. The zero-order valence-electron chi connectivity index (χ0n) is 9.91. The molecule has 0 saturated heterocycles. The summed E-state index contributed by atoms with van der Waals surface area (Å²) in [6.07, 6.45) is 0. The van der Waals surface area contributed by atoms with Crippen LogP contribution in [0.2, 0.25) is 0 Å². The topological polar surface area (TPSA) is 23.8 Å². The third kappa shape index (κ3) is 1.67. The molecule has 16 heavy (non-hydrogen) atoms. The molecule has 0 heterocycles. The minimum atomic E-state index is 0.510. The highest BCUT2D eigenvalue weighted by Crippen LogP contribution is 2.32. The summed E-state index contributed by atoms with van der Waals surface area (Å²) in [6, 6.07) is 12.6. The van der Waals surface area contributed by atoms with Crippen LogP contribution in [0, 0.1) is 18.3 Å². The molecule has 0 aliphatic heterocycles. The number of nitriles is 1. The zero-order chi connectivity index (χ0) is 11.7. The smallest absolute Gasteiger partial charge is 0.0998 e. The number of hydrogen-bond acceptors (Lipinski definition) is 1. The van der Waals surface area contributed by atoms with Crippen molar-refractivity contribution in [2.24, 2.45) is 0 Å². The van der Waals surface area contributed by atoms with Crippen LogP contribution < -0.4 is 0 Å². The third-order valence-electron chi connectivity index (χ3n) is 3.02. The molecule has 0 atom stereocenters. The maximum absolute atomic E-state index is 9.06. The van der Waals surface area contributed by atoms with Gasteiger partial charge in [0.1, 0.15) is 0 Å². The Morgan fingerprint density at radius 1 is 1.12 bits per heavy atom. The Balaban J connectivity index is 2.72. The second-order valence-electron chi connectivity index (χ2n) is 4.50. The van der Waals surface area contributed by atoms with E-state index in [0.29, 0.717) is 5.92 Å². The number of hydrogen-bond donors (Lipinski definition) is 0. The van der Waals surface area contributed by atoms with Crippen molar-refractivity contribution in [3.05, 3.63) is 47.0 Å². The Morgan fingerprint density at radius 2 is 1.88 bits per heavy atom. The predicted octanol–water partition coefficient (Wildman–Crippen LogP) is 4.09. The lowest BCUT2D eigenvalue weighted by molar-refractivity contribution is 0.869. The minimum Gasteiger partial charge on any atom is -0.192 e. The van der Waals surface area contributed by atoms with Crippen LogP contribution >= 0.6 is 0 Å². The van der Waals surface area contributed by atoms with E-state index in [1.165, 1.54) is 16.7 Å². The predicted molar refractivity (Wildman–Crippen MR) is 66.6 cm³/mol. The molecule has 0 fully saturated rings. The maximum atomic E-state index is 9.06. The van der Waals surface area contributed by atoms with Crippen molar-refractivity contribution < 1.29 is 0 Å². The lowest BCUT2D eigenvalue weighted by atomic mass is 10.0. The van der Waals surface area contributed by atoms with Gasteiger partial charge < -0.3 is 0 Å². The Kier molecular flexibility index (Phi) is 2.66. The normalized spacial score (nSPS) is 10.7. The quantitative estimate of drug-likeness (QED) is 0.693. The average molecular weight is 209 g/mol. The molecular formula is C15H15N. The molecule has 2 aliphatic rings. The first-order valence-corrected chi connectivity index (χ1v) is 5.57. The van der Waals surface area contributed by atoms with Gasteiger partial charge >= 0.3 is 0 Å². The first-order chi connectivity index (χ1) is 7.63. The van der Waals surface area contributed by atoms with E-state index in [1.807, 2.05) is 12.1 Å². The summed E-state index contributed by atoms with van der Waals surface area (Å²) in [5, 5.41) is 9.06. The molecule has 0 N–H and O–H groups in total. The molecule has 1 nitrogen and oxygen atoms in total. The second-order valence-corrected chi connectivity index (χ2v) is 4.50. The van der Waals surface area contributed by atoms with Crippen molar-refractivity contribution in [3.8, 4) is 17.2 Å². The first-order valence-electron chi connectivity index (χ1n) is 5.57. The lowest BCUT2D eigenvalue weighted by Gasteiger charge is -2.01. The van der Waals surface area contributed by atoms with Crippen LogP contribution in [0.15, 0.2) is 30.3 Å². The maximum Gasteiger partial charge on any atom is 0.0998 e. The second kappa shape index (κ2) is 3.98. The molecule has 80 valence electrons. The van der Waals surface area contributed by atoms with Crippen LogP contribution in [-0.2, 0) is 0 Å². The van der Waals surface area contributed by atoms with E-state index in [2.05, 4.69) is 45.0 Å². The van der Waals surface area contributed by atoms with Crippen molar-refractivity contribution in [3.63, 3.8) is 0 Å². The van der Waals surface area contributed by atoms with E-state index in [-0.39, 0.29) is 0 Å². The molecule has 0 saturated carbocycles. The van der Waals surface area contributed by atoms with E-state index in [9.17, 15) is 0 Å². The molecule has 0 amide bonds. The molecule has 2 rings (SSSR count). The number of aryl methyl sites for hydroxylation is 1. The summed E-state index contributed by atoms with van der Waals surface area (Å²) in [5.74, 6) is 0.510. The molecule has 1 heteroatoms. The molecule has 0 aromatic rings. The summed E-state index contributed by atoms with van der Waals surface area (Å²) in [4.78, 5) is 0. The van der Waals surface area contributed by atoms with Crippen molar-refractivity contribution in [2.75, 3.05) is 0 Å². The monoisotopic (exact) mass is 209 g/mol. The van der Waals surface area contributed by atoms with Crippen LogP contribution in [0.4, 0.5) is 0 Å². The van der Waals surface area contributed by atoms with E-state index >= 15 is 0 Å². The fourth-order valence-electron chi connectivity index (χ4n) is 2.04. The highest BCUT2D eigenvalue weighted by atomic mass is 14.3. The fraction of sp³-hybridized carbons (Fsp3) is 0.267. The van der Waals surface area contributed by atoms with Crippen LogP contribution in [-0.4, -0.2) is 0 Å². The van der Waals surface area contributed by atoms with Gasteiger partial charge in [0.2, 0.25) is 0 Å². The first kappa shape index (κ1) is 10.7. The molecule has 0 bridgehead atoms. The summed E-state index contributed by atoms with van der Waals surface area (Å²) in [5.41, 5.74) is 5.52. The molecule has 2 aliphatic carbocycles. The molecule has 0 spiro atoms. The number of fused-ring (bicyclic) bond motifs is 1. The van der Waals surface area contributed by atoms with Crippen molar-refractivity contribution in [1.29, 1.82) is 5.26 Å². The Hall–Kier alpha value is -1.81. The molecule has 0 radical (unpaired) electrons. The van der Waals surface area contributed by atoms with Gasteiger partial charge in [0.05, 0.1) is 11.6 Å². The molecular weight excluding hydrogens is 194 g/mol. The van der Waals surface area contributed by atoms with Gasteiger partial charge in [0.25, 0.3) is 0 Å². The largest absolute Gasteiger partial charge is 0.192 e. The SMILES string of the molecule is Cc1ccc(C(C)C)cc2ccc(C#N)c1-2. The zero-order valence-corrected chi connectivity index (χ0v) is 9.91. The van der Waals surface area contributed by atoms with E-state index in [4.69, 9.17) is 5.26 Å². The van der Waals surface area contributed by atoms with Gasteiger partial charge in [-0.05, 0) is 35.6 Å². The fourth-order valence-corrected chi connectivity index (χ4v) is 2.04. The highest BCUT2D eigenvalue weighted by Gasteiger charge is 2.12. The van der Waals surface area contributed by atoms with Gasteiger partial charge in [-0.15, -0.1) is 0 Å². The van der Waals surface area contributed by atoms with E-state index in [0.717, 1.165) is 11.1 Å². The van der Waals surface area contributed by atoms with Crippen LogP contribution in [0.25, 0.3) is 11.1 Å². The van der Waals surface area contributed by atoms with Crippen LogP contribution in [0.1, 0.15) is 36.5 Å². The van der Waals surface area contributed by atoms with E-state index < -0.39 is 0 Å². The van der Waals surface area contributed by atoms with Crippen LogP contribution in [0.5, 0.6) is 0 Å². The Morgan fingerprint density at radius 3 is 2.50 bits per heavy atom. The van der Waals surface area contributed by atoms with Gasteiger partial charge in [0.15, 0.2) is 0 Å². The molecule has 0 unspecified atom stereocenters. The van der Waals surface area contributed by atoms with Crippen molar-refractivity contribution >= 4 is 0 Å². The Labute approximate surface area is 96.7 Å². The summed E-state index contributed by atoms with van der Waals surface area (Å²) in [7, 11) is 0. The molecule has 0 aromatic carbocycles. The lowest BCUT2D eigenvalue weighted by Crippen LogP contribution is -1.83. The van der Waals surface area contributed by atoms with Gasteiger partial charge in [-0.1, -0.05) is 38.1 Å². The third-order valence-corrected chi connectivity index (χ3v) is 3.02. The summed E-state index contributed by atoms with van der Waals surface area (Å²) < 4.78 is 0. The number of rotatable bonds is 1. The Bertz CT molecular complexity index is 532. The van der Waals surface area contributed by atoms with Crippen molar-refractivity contribution in [2.45, 2.75) is 26.7 Å². The summed E-state index contributed by atoms with van der Waals surface area (Å²) in [6.45, 7) is 6.43. The van der Waals surface area contributed by atoms with Gasteiger partial charge in [0, 0.05) is 5.56 Å². The summed E-state index contributed by atoms with van der Waals surface area (Å²) >= 11 is 0. The van der Waals surface area contributed by atoms with E-state index in [1.54, 1.807) is 0 Å². The van der Waals surface area contributed by atoms with Crippen LogP contribution in [0.3, 0.4) is 0 Å². The molecule has 0 aromatic heterocycles. The standard InChI is InChI=1S/C15H15N/c1-10(2)12-5-4-11(3)15-13(8-12)6-7-14(15)9-16/h4-8,10H,1-3H3. The van der Waals surface area contributed by atoms with Gasteiger partial charge in [-0.3, -0.25) is 0 Å². The average Bonchev–Trinajstić information content (AvgIpc) is 2.58.